The number of rotatable bonds is 6. The molecular formula is C22H32N4. The van der Waals surface area contributed by atoms with Crippen molar-refractivity contribution in [2.45, 2.75) is 46.0 Å². The minimum absolute atomic E-state index is 0.964. The third kappa shape index (κ3) is 4.83. The zero-order valence-electron chi connectivity index (χ0n) is 16.5. The molecule has 1 fully saturated rings. The van der Waals surface area contributed by atoms with Crippen LogP contribution in [-0.4, -0.2) is 42.8 Å². The van der Waals surface area contributed by atoms with Gasteiger partial charge in [0.2, 0.25) is 0 Å². The van der Waals surface area contributed by atoms with Gasteiger partial charge in [-0.2, -0.15) is 0 Å². The van der Waals surface area contributed by atoms with Crippen LogP contribution >= 0.6 is 0 Å². The van der Waals surface area contributed by atoms with Crippen LogP contribution in [0.25, 0.3) is 5.57 Å². The molecule has 0 radical (unpaired) electrons. The Labute approximate surface area is 158 Å². The van der Waals surface area contributed by atoms with E-state index in [9.17, 15) is 0 Å². The summed E-state index contributed by atoms with van der Waals surface area (Å²) in [5.41, 5.74) is 8.14. The largest absolute Gasteiger partial charge is 0.303 e. The van der Waals surface area contributed by atoms with Crippen molar-refractivity contribution in [3.63, 3.8) is 0 Å². The Bertz CT molecular complexity index is 675. The number of hydrogen-bond acceptors (Lipinski definition) is 4. The van der Waals surface area contributed by atoms with Crippen LogP contribution in [0.2, 0.25) is 0 Å². The topological polar surface area (TPSA) is 30.9 Å². The normalized spacial score (nSPS) is 18.2. The van der Waals surface area contributed by atoms with Gasteiger partial charge in [0, 0.05) is 25.0 Å². The van der Waals surface area contributed by atoms with E-state index in [2.05, 4.69) is 59.6 Å². The van der Waals surface area contributed by atoms with E-state index in [1.54, 1.807) is 0 Å². The summed E-state index contributed by atoms with van der Waals surface area (Å²) in [5.74, 6) is 0.964. The monoisotopic (exact) mass is 352 g/mol. The van der Waals surface area contributed by atoms with Crippen LogP contribution in [-0.2, 0) is 6.42 Å². The van der Waals surface area contributed by atoms with Gasteiger partial charge in [-0.1, -0.05) is 30.7 Å². The van der Waals surface area contributed by atoms with Crippen LogP contribution < -0.4 is 5.43 Å². The maximum Gasteiger partial charge on any atom is 0.145 e. The molecule has 0 atom stereocenters. The van der Waals surface area contributed by atoms with Crippen molar-refractivity contribution >= 4 is 11.8 Å². The number of piperidine rings is 1. The molecule has 0 bridgehead atoms. The van der Waals surface area contributed by atoms with E-state index in [1.165, 1.54) is 62.0 Å². The maximum absolute atomic E-state index is 4.61. The van der Waals surface area contributed by atoms with E-state index < -0.39 is 0 Å². The number of aliphatic imine (C=N–C) groups is 1. The van der Waals surface area contributed by atoms with Gasteiger partial charge in [-0.25, -0.2) is 10.4 Å². The van der Waals surface area contributed by atoms with Crippen LogP contribution in [0.4, 0.5) is 0 Å². The molecule has 1 saturated heterocycles. The van der Waals surface area contributed by atoms with E-state index in [0.29, 0.717) is 0 Å². The Kier molecular flexibility index (Phi) is 6.64. The van der Waals surface area contributed by atoms with Crippen molar-refractivity contribution in [1.82, 2.24) is 15.3 Å². The van der Waals surface area contributed by atoms with Crippen molar-refractivity contribution < 1.29 is 0 Å². The van der Waals surface area contributed by atoms with E-state index in [4.69, 9.17) is 0 Å². The molecule has 0 spiro atoms. The standard InChI is InChI=1S/C22H32N4/c1-18(2)22-24-16-21(17-26(22)23-3)20-11-9-19(10-12-20)8-7-15-25-13-5-4-6-14-25/h9-12,16-17,23H,4-8,13-15H2,1-3H3. The van der Waals surface area contributed by atoms with E-state index >= 15 is 0 Å². The van der Waals surface area contributed by atoms with Gasteiger partial charge in [0.15, 0.2) is 0 Å². The van der Waals surface area contributed by atoms with Gasteiger partial charge >= 0.3 is 0 Å². The molecule has 2 heterocycles. The summed E-state index contributed by atoms with van der Waals surface area (Å²) in [4.78, 5) is 7.23. The number of hydrogen-bond donors (Lipinski definition) is 1. The van der Waals surface area contributed by atoms with Crippen molar-refractivity contribution in [1.29, 1.82) is 0 Å². The number of likely N-dealkylation sites (tertiary alicyclic amines) is 1. The summed E-state index contributed by atoms with van der Waals surface area (Å²) in [7, 11) is 1.92. The molecule has 0 aliphatic carbocycles. The van der Waals surface area contributed by atoms with Crippen molar-refractivity contribution in [2.75, 3.05) is 26.7 Å². The van der Waals surface area contributed by atoms with E-state index in [1.807, 2.05) is 18.3 Å². The Hall–Kier alpha value is -1.91. The molecule has 140 valence electrons. The van der Waals surface area contributed by atoms with Gasteiger partial charge in [0.05, 0.1) is 0 Å². The molecule has 3 rings (SSSR count). The highest BCUT2D eigenvalue weighted by molar-refractivity contribution is 6.10. The average molecular weight is 353 g/mol. The summed E-state index contributed by atoms with van der Waals surface area (Å²) in [6, 6.07) is 8.96. The summed E-state index contributed by atoms with van der Waals surface area (Å²) in [5, 5.41) is 1.98. The lowest BCUT2D eigenvalue weighted by molar-refractivity contribution is 0.226. The lowest BCUT2D eigenvalue weighted by atomic mass is 10.0. The van der Waals surface area contributed by atoms with E-state index in [-0.39, 0.29) is 0 Å². The number of allylic oxidation sites excluding steroid dienone is 2. The molecule has 26 heavy (non-hydrogen) atoms. The quantitative estimate of drug-likeness (QED) is 0.832. The van der Waals surface area contributed by atoms with E-state index in [0.717, 1.165) is 17.8 Å². The third-order valence-corrected chi connectivity index (χ3v) is 5.19. The minimum atomic E-state index is 0.964. The van der Waals surface area contributed by atoms with Gasteiger partial charge in [0.25, 0.3) is 0 Å². The second kappa shape index (κ2) is 9.15. The second-order valence-electron chi connectivity index (χ2n) is 7.46. The Balaban J connectivity index is 1.57. The highest BCUT2D eigenvalue weighted by Gasteiger charge is 2.13. The first-order chi connectivity index (χ1) is 12.7. The van der Waals surface area contributed by atoms with Gasteiger partial charge < -0.3 is 4.90 Å². The second-order valence-corrected chi connectivity index (χ2v) is 7.46. The molecule has 0 aromatic heterocycles. The molecule has 4 heteroatoms. The molecule has 4 nitrogen and oxygen atoms in total. The molecule has 2 aliphatic rings. The first-order valence-corrected chi connectivity index (χ1v) is 9.89. The zero-order valence-corrected chi connectivity index (χ0v) is 16.5. The molecule has 1 aromatic rings. The summed E-state index contributed by atoms with van der Waals surface area (Å²) >= 11 is 0. The van der Waals surface area contributed by atoms with Crippen LogP contribution in [0.15, 0.2) is 46.9 Å². The van der Waals surface area contributed by atoms with Crippen LogP contribution in [0.5, 0.6) is 0 Å². The number of nitrogens with one attached hydrogen (secondary N) is 1. The first kappa shape index (κ1) is 18.9. The fourth-order valence-corrected chi connectivity index (χ4v) is 3.67. The zero-order chi connectivity index (χ0) is 18.4. The maximum atomic E-state index is 4.61. The highest BCUT2D eigenvalue weighted by Crippen LogP contribution is 2.22. The van der Waals surface area contributed by atoms with Gasteiger partial charge in [0.1, 0.15) is 5.82 Å². The Morgan fingerprint density at radius 1 is 1.08 bits per heavy atom. The average Bonchev–Trinajstić information content (AvgIpc) is 2.69. The SMILES string of the molecule is CNN1C=C(c2ccc(CCCN3CCCCC3)cc2)C=NC1=C(C)C. The lowest BCUT2D eigenvalue weighted by Crippen LogP contribution is -2.31. The molecule has 0 saturated carbocycles. The van der Waals surface area contributed by atoms with Crippen LogP contribution in [0.1, 0.15) is 50.7 Å². The van der Waals surface area contributed by atoms with Crippen LogP contribution in [0.3, 0.4) is 0 Å². The summed E-state index contributed by atoms with van der Waals surface area (Å²) in [6.45, 7) is 7.98. The smallest absolute Gasteiger partial charge is 0.145 e. The molecule has 2 aliphatic heterocycles. The summed E-state index contributed by atoms with van der Waals surface area (Å²) in [6.07, 6.45) is 10.7. The lowest BCUT2D eigenvalue weighted by Gasteiger charge is -2.26. The van der Waals surface area contributed by atoms with Crippen molar-refractivity contribution in [2.24, 2.45) is 4.99 Å². The Morgan fingerprint density at radius 2 is 1.81 bits per heavy atom. The molecule has 1 aromatic carbocycles. The number of aryl methyl sites for hydroxylation is 1. The third-order valence-electron chi connectivity index (χ3n) is 5.19. The highest BCUT2D eigenvalue weighted by atomic mass is 15.5. The predicted molar refractivity (Wildman–Crippen MR) is 111 cm³/mol. The fourth-order valence-electron chi connectivity index (χ4n) is 3.67. The van der Waals surface area contributed by atoms with Gasteiger partial charge in [-0.15, -0.1) is 0 Å². The number of nitrogens with zero attached hydrogens (tertiary/aromatic N) is 3. The molecular weight excluding hydrogens is 320 g/mol. The molecule has 0 unspecified atom stereocenters. The van der Waals surface area contributed by atoms with Gasteiger partial charge in [-0.05, 0) is 75.9 Å². The predicted octanol–water partition coefficient (Wildman–Crippen LogP) is 4.22. The number of hydrazine groups is 1. The van der Waals surface area contributed by atoms with Crippen molar-refractivity contribution in [3.05, 3.63) is 53.0 Å². The number of benzene rings is 1. The molecule has 0 amide bonds. The Morgan fingerprint density at radius 3 is 2.46 bits per heavy atom. The molecule has 1 N–H and O–H groups in total. The van der Waals surface area contributed by atoms with Crippen LogP contribution in [0, 0.1) is 0 Å². The first-order valence-electron chi connectivity index (χ1n) is 9.89. The van der Waals surface area contributed by atoms with Gasteiger partial charge in [-0.3, -0.25) is 5.01 Å². The fraction of sp³-hybridized carbons (Fsp3) is 0.500. The summed E-state index contributed by atoms with van der Waals surface area (Å²) < 4.78 is 0. The minimum Gasteiger partial charge on any atom is -0.303 e. The van der Waals surface area contributed by atoms with Crippen molar-refractivity contribution in [3.8, 4) is 0 Å².